The molecule has 110 valence electrons. The number of nitrogens with zero attached hydrogens (tertiary/aromatic N) is 1. The van der Waals surface area contributed by atoms with Crippen molar-refractivity contribution in [3.05, 3.63) is 35.6 Å². The highest BCUT2D eigenvalue weighted by atomic mass is 19.1. The summed E-state index contributed by atoms with van der Waals surface area (Å²) in [6.45, 7) is 4.50. The normalized spacial score (nSPS) is 10.2. The molecule has 20 heavy (non-hydrogen) atoms. The largest absolute Gasteiger partial charge is 0.356 e. The molecule has 0 fully saturated rings. The van der Waals surface area contributed by atoms with Gasteiger partial charge in [0.15, 0.2) is 0 Å². The molecule has 0 saturated carbocycles. The second-order valence-electron chi connectivity index (χ2n) is 4.63. The van der Waals surface area contributed by atoms with Crippen LogP contribution in [0, 0.1) is 5.82 Å². The summed E-state index contributed by atoms with van der Waals surface area (Å²) in [5.74, 6) is -0.600. The second-order valence-corrected chi connectivity index (χ2v) is 4.63. The van der Waals surface area contributed by atoms with Crippen molar-refractivity contribution in [3.63, 3.8) is 0 Å². The molecule has 0 aliphatic heterocycles. The first-order chi connectivity index (χ1) is 9.54. The van der Waals surface area contributed by atoms with Crippen LogP contribution in [-0.4, -0.2) is 29.8 Å². The van der Waals surface area contributed by atoms with Crippen molar-refractivity contribution in [2.24, 2.45) is 0 Å². The third-order valence-corrected chi connectivity index (χ3v) is 2.95. The third kappa shape index (κ3) is 5.38. The first-order valence-corrected chi connectivity index (χ1v) is 6.80. The molecule has 2 amide bonds. The molecule has 4 nitrogen and oxygen atoms in total. The minimum absolute atomic E-state index is 0.0911. The monoisotopic (exact) mass is 280 g/mol. The Labute approximate surface area is 119 Å². The smallest absolute Gasteiger partial charge is 0.221 e. The fourth-order valence-corrected chi connectivity index (χ4v) is 1.77. The Morgan fingerprint density at radius 2 is 2.00 bits per heavy atom. The van der Waals surface area contributed by atoms with Gasteiger partial charge in [0.25, 0.3) is 0 Å². The molecule has 0 spiro atoms. The van der Waals surface area contributed by atoms with E-state index in [4.69, 9.17) is 0 Å². The minimum Gasteiger partial charge on any atom is -0.356 e. The molecule has 1 rings (SSSR count). The van der Waals surface area contributed by atoms with Gasteiger partial charge in [-0.15, -0.1) is 0 Å². The number of rotatable bonds is 7. The molecule has 1 aromatic rings. The van der Waals surface area contributed by atoms with Crippen LogP contribution < -0.4 is 5.32 Å². The zero-order valence-electron chi connectivity index (χ0n) is 12.0. The molecule has 1 aromatic carbocycles. The highest BCUT2D eigenvalue weighted by Gasteiger charge is 2.13. The van der Waals surface area contributed by atoms with Crippen LogP contribution in [-0.2, 0) is 16.1 Å². The summed E-state index contributed by atoms with van der Waals surface area (Å²) < 4.78 is 13.6. The van der Waals surface area contributed by atoms with Gasteiger partial charge in [-0.25, -0.2) is 4.39 Å². The van der Waals surface area contributed by atoms with Crippen LogP contribution in [0.4, 0.5) is 4.39 Å². The van der Waals surface area contributed by atoms with E-state index in [0.29, 0.717) is 18.7 Å². The lowest BCUT2D eigenvalue weighted by molar-refractivity contribution is -0.130. The molecule has 0 aliphatic carbocycles. The van der Waals surface area contributed by atoms with E-state index >= 15 is 0 Å². The van der Waals surface area contributed by atoms with Gasteiger partial charge in [0.2, 0.25) is 11.8 Å². The van der Waals surface area contributed by atoms with Gasteiger partial charge < -0.3 is 10.2 Å². The minimum atomic E-state index is -0.339. The van der Waals surface area contributed by atoms with Gasteiger partial charge >= 0.3 is 0 Å². The fourth-order valence-electron chi connectivity index (χ4n) is 1.77. The highest BCUT2D eigenvalue weighted by Crippen LogP contribution is 2.10. The number of halogens is 1. The van der Waals surface area contributed by atoms with Crippen LogP contribution in [0.25, 0.3) is 0 Å². The molecule has 1 N–H and O–H groups in total. The van der Waals surface area contributed by atoms with Crippen LogP contribution in [0.15, 0.2) is 24.3 Å². The van der Waals surface area contributed by atoms with Gasteiger partial charge in [0.1, 0.15) is 5.82 Å². The van der Waals surface area contributed by atoms with E-state index in [0.717, 1.165) is 6.42 Å². The number of benzene rings is 1. The molecule has 0 aliphatic rings. The van der Waals surface area contributed by atoms with Crippen LogP contribution in [0.3, 0.4) is 0 Å². The maximum atomic E-state index is 13.6. The predicted octanol–water partition coefficient (Wildman–Crippen LogP) is 2.09. The zero-order chi connectivity index (χ0) is 15.0. The Morgan fingerprint density at radius 3 is 2.60 bits per heavy atom. The average molecular weight is 280 g/mol. The summed E-state index contributed by atoms with van der Waals surface area (Å²) in [5.41, 5.74) is 0.455. The third-order valence-electron chi connectivity index (χ3n) is 2.95. The number of nitrogens with one attached hydrogen (secondary N) is 1. The first-order valence-electron chi connectivity index (χ1n) is 6.80. The molecule has 0 unspecified atom stereocenters. The zero-order valence-corrected chi connectivity index (χ0v) is 12.0. The molecule has 0 aromatic heterocycles. The summed E-state index contributed by atoms with van der Waals surface area (Å²) >= 11 is 0. The Bertz CT molecular complexity index is 463. The molecule has 0 heterocycles. The Morgan fingerprint density at radius 1 is 1.30 bits per heavy atom. The maximum absolute atomic E-state index is 13.6. The van der Waals surface area contributed by atoms with Crippen LogP contribution >= 0.6 is 0 Å². The topological polar surface area (TPSA) is 49.4 Å². The lowest BCUT2D eigenvalue weighted by Gasteiger charge is -2.21. The van der Waals surface area contributed by atoms with Crippen molar-refractivity contribution in [1.82, 2.24) is 10.2 Å². The molecule has 0 radical (unpaired) electrons. The van der Waals surface area contributed by atoms with Gasteiger partial charge in [-0.3, -0.25) is 9.59 Å². The quantitative estimate of drug-likeness (QED) is 0.831. The van der Waals surface area contributed by atoms with E-state index in [9.17, 15) is 14.0 Å². The average Bonchev–Trinajstić information content (AvgIpc) is 2.42. The number of hydrogen-bond donors (Lipinski definition) is 1. The standard InChI is InChI=1S/C15H21FN2O2/c1-3-9-17-15(20)8-10-18(12(2)19)11-13-6-4-5-7-14(13)16/h4-7H,3,8-11H2,1-2H3,(H,17,20). The molecule has 0 atom stereocenters. The van der Waals surface area contributed by atoms with E-state index < -0.39 is 0 Å². The SMILES string of the molecule is CCCNC(=O)CCN(Cc1ccccc1F)C(C)=O. The molecular weight excluding hydrogens is 259 g/mol. The fraction of sp³-hybridized carbons (Fsp3) is 0.467. The van der Waals surface area contributed by atoms with Crippen LogP contribution in [0.1, 0.15) is 32.3 Å². The van der Waals surface area contributed by atoms with Crippen LogP contribution in [0.5, 0.6) is 0 Å². The molecule has 0 bridgehead atoms. The highest BCUT2D eigenvalue weighted by molar-refractivity contribution is 5.77. The summed E-state index contributed by atoms with van der Waals surface area (Å²) in [6.07, 6.45) is 1.10. The van der Waals surface area contributed by atoms with Crippen molar-refractivity contribution < 1.29 is 14.0 Å². The van der Waals surface area contributed by atoms with Gasteiger partial charge in [-0.2, -0.15) is 0 Å². The number of amides is 2. The first kappa shape index (κ1) is 16.1. The van der Waals surface area contributed by atoms with Gasteiger partial charge in [-0.05, 0) is 12.5 Å². The van der Waals surface area contributed by atoms with E-state index in [-0.39, 0.29) is 30.6 Å². The summed E-state index contributed by atoms with van der Waals surface area (Å²) in [5, 5.41) is 2.75. The predicted molar refractivity (Wildman–Crippen MR) is 75.4 cm³/mol. The number of carbonyl (C=O) groups is 2. The maximum Gasteiger partial charge on any atom is 0.221 e. The van der Waals surface area contributed by atoms with Crippen molar-refractivity contribution in [2.75, 3.05) is 13.1 Å². The Balaban J connectivity index is 2.55. The van der Waals surface area contributed by atoms with Crippen molar-refractivity contribution in [1.29, 1.82) is 0 Å². The molecular formula is C15H21FN2O2. The number of carbonyl (C=O) groups excluding carboxylic acids is 2. The van der Waals surface area contributed by atoms with Gasteiger partial charge in [-0.1, -0.05) is 25.1 Å². The lowest BCUT2D eigenvalue weighted by Crippen LogP contribution is -2.33. The lowest BCUT2D eigenvalue weighted by atomic mass is 10.2. The van der Waals surface area contributed by atoms with Crippen molar-refractivity contribution in [3.8, 4) is 0 Å². The Kier molecular flexibility index (Phi) is 6.70. The van der Waals surface area contributed by atoms with E-state index in [1.807, 2.05) is 6.92 Å². The van der Waals surface area contributed by atoms with Crippen LogP contribution in [0.2, 0.25) is 0 Å². The summed E-state index contributed by atoms with van der Waals surface area (Å²) in [6, 6.07) is 6.34. The molecule has 5 heteroatoms. The van der Waals surface area contributed by atoms with Gasteiger partial charge in [0.05, 0.1) is 0 Å². The van der Waals surface area contributed by atoms with Crippen molar-refractivity contribution >= 4 is 11.8 Å². The summed E-state index contributed by atoms with van der Waals surface area (Å²) in [7, 11) is 0. The van der Waals surface area contributed by atoms with Gasteiger partial charge in [0, 0.05) is 38.5 Å². The number of hydrogen-bond acceptors (Lipinski definition) is 2. The Hall–Kier alpha value is -1.91. The van der Waals surface area contributed by atoms with Crippen molar-refractivity contribution in [2.45, 2.75) is 33.2 Å². The summed E-state index contributed by atoms with van der Waals surface area (Å²) in [4.78, 5) is 24.6. The second kappa shape index (κ2) is 8.30. The van der Waals surface area contributed by atoms with E-state index in [2.05, 4.69) is 5.32 Å². The molecule has 0 saturated heterocycles. The van der Waals surface area contributed by atoms with E-state index in [1.165, 1.54) is 17.9 Å². The van der Waals surface area contributed by atoms with E-state index in [1.54, 1.807) is 18.2 Å².